The summed E-state index contributed by atoms with van der Waals surface area (Å²) >= 11 is 5.00. The van der Waals surface area contributed by atoms with Gasteiger partial charge in [-0.15, -0.1) is 11.8 Å². The molecule has 92 valence electrons. The number of hydrogen-bond donors (Lipinski definition) is 2. The number of nitrogen functional groups attached to an aromatic ring is 1. The Kier molecular flexibility index (Phi) is 3.99. The minimum Gasteiger partial charge on any atom is -0.399 e. The van der Waals surface area contributed by atoms with E-state index in [4.69, 9.17) is 5.73 Å². The molecular formula is C12H15BrN2OS. The molecule has 5 heteroatoms. The van der Waals surface area contributed by atoms with Crippen LogP contribution in [-0.4, -0.2) is 17.2 Å². The molecule has 1 fully saturated rings. The number of nitrogens with two attached hydrogens (primary N) is 1. The predicted octanol–water partition coefficient (Wildman–Crippen LogP) is 2.79. The highest BCUT2D eigenvalue weighted by molar-refractivity contribution is 9.10. The smallest absolute Gasteiger partial charge is 0.233 e. The molecule has 1 aromatic rings. The zero-order valence-electron chi connectivity index (χ0n) is 9.57. The van der Waals surface area contributed by atoms with Crippen LogP contribution in [0.4, 0.5) is 5.69 Å². The molecule has 0 saturated heterocycles. The number of anilines is 1. The van der Waals surface area contributed by atoms with Gasteiger partial charge in [-0.25, -0.2) is 0 Å². The van der Waals surface area contributed by atoms with E-state index >= 15 is 0 Å². The highest BCUT2D eigenvalue weighted by atomic mass is 79.9. The summed E-state index contributed by atoms with van der Waals surface area (Å²) in [6.07, 6.45) is 2.24. The van der Waals surface area contributed by atoms with Crippen LogP contribution in [0, 0.1) is 0 Å². The zero-order chi connectivity index (χ0) is 12.4. The van der Waals surface area contributed by atoms with E-state index in [2.05, 4.69) is 21.2 Å². The second-order valence-electron chi connectivity index (χ2n) is 4.23. The summed E-state index contributed by atoms with van der Waals surface area (Å²) < 4.78 is 0.938. The lowest BCUT2D eigenvalue weighted by Crippen LogP contribution is -2.32. The third kappa shape index (κ3) is 3.64. The van der Waals surface area contributed by atoms with E-state index in [0.29, 0.717) is 6.04 Å². The molecule has 1 saturated carbocycles. The topological polar surface area (TPSA) is 55.1 Å². The first kappa shape index (κ1) is 12.8. The van der Waals surface area contributed by atoms with Crippen molar-refractivity contribution in [2.45, 2.75) is 36.0 Å². The Labute approximate surface area is 114 Å². The standard InChI is InChI=1S/C12H15BrN2OS/c1-7(12(16)15-9-3-4-9)17-11-5-2-8(14)6-10(11)13/h2,5-7,9H,3-4,14H2,1H3,(H,15,16). The van der Waals surface area contributed by atoms with Gasteiger partial charge >= 0.3 is 0 Å². The van der Waals surface area contributed by atoms with Crippen LogP contribution in [0.5, 0.6) is 0 Å². The Hall–Kier alpha value is -0.680. The quantitative estimate of drug-likeness (QED) is 0.663. The van der Waals surface area contributed by atoms with Gasteiger partial charge in [-0.1, -0.05) is 0 Å². The molecule has 0 radical (unpaired) electrons. The lowest BCUT2D eigenvalue weighted by molar-refractivity contribution is -0.120. The summed E-state index contributed by atoms with van der Waals surface area (Å²) in [4.78, 5) is 12.8. The van der Waals surface area contributed by atoms with E-state index in [1.807, 2.05) is 25.1 Å². The molecule has 1 unspecified atom stereocenters. The average Bonchev–Trinajstić information content (AvgIpc) is 3.06. The van der Waals surface area contributed by atoms with Gasteiger partial charge in [0.05, 0.1) is 5.25 Å². The molecule has 3 nitrogen and oxygen atoms in total. The largest absolute Gasteiger partial charge is 0.399 e. The Bertz CT molecular complexity index is 435. The Morgan fingerprint density at radius 2 is 2.29 bits per heavy atom. The Morgan fingerprint density at radius 1 is 1.59 bits per heavy atom. The van der Waals surface area contributed by atoms with Crippen molar-refractivity contribution in [2.24, 2.45) is 0 Å². The second kappa shape index (κ2) is 5.31. The SMILES string of the molecule is CC(Sc1ccc(N)cc1Br)C(=O)NC1CC1. The number of halogens is 1. The molecule has 2 rings (SSSR count). The van der Waals surface area contributed by atoms with Crippen molar-refractivity contribution in [3.63, 3.8) is 0 Å². The molecule has 0 spiro atoms. The molecule has 17 heavy (non-hydrogen) atoms. The molecule has 1 aromatic carbocycles. The summed E-state index contributed by atoms with van der Waals surface area (Å²) in [7, 11) is 0. The first-order chi connectivity index (χ1) is 8.06. The van der Waals surface area contributed by atoms with Gasteiger partial charge in [-0.05, 0) is 53.9 Å². The number of carbonyl (C=O) groups is 1. The van der Waals surface area contributed by atoms with Gasteiger partial charge in [-0.3, -0.25) is 4.79 Å². The van der Waals surface area contributed by atoms with E-state index < -0.39 is 0 Å². The maximum absolute atomic E-state index is 11.8. The molecular weight excluding hydrogens is 300 g/mol. The van der Waals surface area contributed by atoms with Crippen LogP contribution in [0.2, 0.25) is 0 Å². The summed E-state index contributed by atoms with van der Waals surface area (Å²) in [6.45, 7) is 1.92. The molecule has 0 aromatic heterocycles. The number of amides is 1. The van der Waals surface area contributed by atoms with Crippen LogP contribution >= 0.6 is 27.7 Å². The molecule has 3 N–H and O–H groups in total. The number of hydrogen-bond acceptors (Lipinski definition) is 3. The Balaban J connectivity index is 1.96. The molecule has 0 aliphatic heterocycles. The lowest BCUT2D eigenvalue weighted by Gasteiger charge is -2.12. The third-order valence-electron chi connectivity index (χ3n) is 2.55. The number of rotatable bonds is 4. The minimum atomic E-state index is -0.0875. The Morgan fingerprint density at radius 3 is 2.88 bits per heavy atom. The fourth-order valence-electron chi connectivity index (χ4n) is 1.40. The number of carbonyl (C=O) groups excluding carboxylic acids is 1. The van der Waals surface area contributed by atoms with E-state index in [9.17, 15) is 4.79 Å². The van der Waals surface area contributed by atoms with Gasteiger partial charge in [0.15, 0.2) is 0 Å². The highest BCUT2D eigenvalue weighted by Crippen LogP contribution is 2.32. The van der Waals surface area contributed by atoms with Gasteiger partial charge in [-0.2, -0.15) is 0 Å². The lowest BCUT2D eigenvalue weighted by atomic mass is 10.3. The first-order valence-electron chi connectivity index (χ1n) is 5.58. The second-order valence-corrected chi connectivity index (χ2v) is 6.47. The summed E-state index contributed by atoms with van der Waals surface area (Å²) in [5, 5.41) is 2.92. The van der Waals surface area contributed by atoms with Gasteiger partial charge in [0, 0.05) is 21.1 Å². The molecule has 0 heterocycles. The third-order valence-corrected chi connectivity index (χ3v) is 4.65. The molecule has 1 atom stereocenters. The highest BCUT2D eigenvalue weighted by Gasteiger charge is 2.26. The van der Waals surface area contributed by atoms with Crippen molar-refractivity contribution in [2.75, 3.05) is 5.73 Å². The van der Waals surface area contributed by atoms with Crippen molar-refractivity contribution in [3.05, 3.63) is 22.7 Å². The van der Waals surface area contributed by atoms with Crippen molar-refractivity contribution in [1.29, 1.82) is 0 Å². The van der Waals surface area contributed by atoms with E-state index in [1.54, 1.807) is 11.8 Å². The first-order valence-corrected chi connectivity index (χ1v) is 7.25. The average molecular weight is 315 g/mol. The monoisotopic (exact) mass is 314 g/mol. The normalized spacial score (nSPS) is 16.6. The summed E-state index contributed by atoms with van der Waals surface area (Å²) in [5.74, 6) is 0.112. The van der Waals surface area contributed by atoms with Crippen molar-refractivity contribution >= 4 is 39.3 Å². The molecule has 1 aliphatic carbocycles. The molecule has 0 bridgehead atoms. The predicted molar refractivity (Wildman–Crippen MR) is 75.0 cm³/mol. The van der Waals surface area contributed by atoms with Crippen LogP contribution < -0.4 is 11.1 Å². The van der Waals surface area contributed by atoms with E-state index in [-0.39, 0.29) is 11.2 Å². The van der Waals surface area contributed by atoms with Crippen LogP contribution in [0.3, 0.4) is 0 Å². The van der Waals surface area contributed by atoms with Crippen molar-refractivity contribution in [3.8, 4) is 0 Å². The van der Waals surface area contributed by atoms with Crippen molar-refractivity contribution < 1.29 is 4.79 Å². The van der Waals surface area contributed by atoms with Crippen LogP contribution in [0.25, 0.3) is 0 Å². The molecule has 1 amide bonds. The number of thioether (sulfide) groups is 1. The fourth-order valence-corrected chi connectivity index (χ4v) is 2.95. The number of benzene rings is 1. The summed E-state index contributed by atoms with van der Waals surface area (Å²) in [6, 6.07) is 6.05. The van der Waals surface area contributed by atoms with Crippen molar-refractivity contribution in [1.82, 2.24) is 5.32 Å². The van der Waals surface area contributed by atoms with Gasteiger partial charge in [0.2, 0.25) is 5.91 Å². The maximum atomic E-state index is 11.8. The van der Waals surface area contributed by atoms with Gasteiger partial charge < -0.3 is 11.1 Å². The van der Waals surface area contributed by atoms with Gasteiger partial charge in [0.1, 0.15) is 0 Å². The van der Waals surface area contributed by atoms with Crippen LogP contribution in [0.1, 0.15) is 19.8 Å². The molecule has 1 aliphatic rings. The zero-order valence-corrected chi connectivity index (χ0v) is 12.0. The maximum Gasteiger partial charge on any atom is 0.233 e. The summed E-state index contributed by atoms with van der Waals surface area (Å²) in [5.41, 5.74) is 6.39. The minimum absolute atomic E-state index is 0.0875. The van der Waals surface area contributed by atoms with Crippen LogP contribution in [0.15, 0.2) is 27.6 Å². The van der Waals surface area contributed by atoms with Crippen LogP contribution in [-0.2, 0) is 4.79 Å². The number of nitrogens with one attached hydrogen (secondary N) is 1. The van der Waals surface area contributed by atoms with E-state index in [1.165, 1.54) is 0 Å². The fraction of sp³-hybridized carbons (Fsp3) is 0.417. The van der Waals surface area contributed by atoms with E-state index in [0.717, 1.165) is 27.9 Å². The van der Waals surface area contributed by atoms with Gasteiger partial charge in [0.25, 0.3) is 0 Å².